The molecule has 1 unspecified atom stereocenters. The Balaban J connectivity index is 2.06. The standard InChI is InChI=1S/C15H21N3O4/c1-2-12(11-19)16-7-9-17(10-8-16)15(20)13-5-3-4-6-14(13)18(21)22/h3-6,12,19H,2,7-11H2,1H3. The maximum atomic E-state index is 12.5. The second kappa shape index (κ2) is 7.33. The molecular formula is C15H21N3O4. The second-order valence-corrected chi connectivity index (χ2v) is 5.35. The molecule has 1 aromatic rings. The Bertz CT molecular complexity index is 537. The first kappa shape index (κ1) is 16.4. The Morgan fingerprint density at radius 2 is 1.95 bits per heavy atom. The van der Waals surface area contributed by atoms with Crippen LogP contribution in [0.2, 0.25) is 0 Å². The molecule has 1 aliphatic heterocycles. The number of carbonyl (C=O) groups excluding carboxylic acids is 1. The lowest BCUT2D eigenvalue weighted by molar-refractivity contribution is -0.385. The number of benzene rings is 1. The summed E-state index contributed by atoms with van der Waals surface area (Å²) in [6.07, 6.45) is 0.856. The van der Waals surface area contributed by atoms with Crippen molar-refractivity contribution in [2.45, 2.75) is 19.4 Å². The van der Waals surface area contributed by atoms with Crippen LogP contribution in [-0.4, -0.2) is 64.6 Å². The Labute approximate surface area is 129 Å². The van der Waals surface area contributed by atoms with E-state index >= 15 is 0 Å². The van der Waals surface area contributed by atoms with E-state index in [9.17, 15) is 20.0 Å². The van der Waals surface area contributed by atoms with Gasteiger partial charge in [-0.05, 0) is 12.5 Å². The topological polar surface area (TPSA) is 86.9 Å². The molecule has 1 aliphatic rings. The molecule has 1 saturated heterocycles. The maximum Gasteiger partial charge on any atom is 0.282 e. The van der Waals surface area contributed by atoms with Gasteiger partial charge in [0.25, 0.3) is 11.6 Å². The minimum atomic E-state index is -0.525. The van der Waals surface area contributed by atoms with Crippen molar-refractivity contribution < 1.29 is 14.8 Å². The van der Waals surface area contributed by atoms with Crippen molar-refractivity contribution in [3.63, 3.8) is 0 Å². The van der Waals surface area contributed by atoms with Gasteiger partial charge in [-0.25, -0.2) is 0 Å². The van der Waals surface area contributed by atoms with E-state index in [2.05, 4.69) is 4.90 Å². The zero-order chi connectivity index (χ0) is 16.1. The van der Waals surface area contributed by atoms with Gasteiger partial charge >= 0.3 is 0 Å². The number of hydrogen-bond donors (Lipinski definition) is 1. The predicted molar refractivity (Wildman–Crippen MR) is 81.7 cm³/mol. The van der Waals surface area contributed by atoms with Gasteiger partial charge in [0.1, 0.15) is 5.56 Å². The van der Waals surface area contributed by atoms with Crippen LogP contribution in [0.15, 0.2) is 24.3 Å². The lowest BCUT2D eigenvalue weighted by Gasteiger charge is -2.38. The molecule has 1 N–H and O–H groups in total. The lowest BCUT2D eigenvalue weighted by atomic mass is 10.1. The van der Waals surface area contributed by atoms with Gasteiger partial charge < -0.3 is 10.0 Å². The zero-order valence-corrected chi connectivity index (χ0v) is 12.6. The highest BCUT2D eigenvalue weighted by Crippen LogP contribution is 2.20. The quantitative estimate of drug-likeness (QED) is 0.651. The van der Waals surface area contributed by atoms with Gasteiger partial charge in [0.2, 0.25) is 0 Å². The van der Waals surface area contributed by atoms with Crippen LogP contribution < -0.4 is 0 Å². The Morgan fingerprint density at radius 3 is 2.50 bits per heavy atom. The normalized spacial score (nSPS) is 17.3. The largest absolute Gasteiger partial charge is 0.395 e. The van der Waals surface area contributed by atoms with E-state index in [4.69, 9.17) is 0 Å². The van der Waals surface area contributed by atoms with Crippen molar-refractivity contribution in [3.8, 4) is 0 Å². The summed E-state index contributed by atoms with van der Waals surface area (Å²) in [6.45, 7) is 4.50. The average molecular weight is 307 g/mol. The summed E-state index contributed by atoms with van der Waals surface area (Å²) in [7, 11) is 0. The van der Waals surface area contributed by atoms with E-state index in [1.807, 2.05) is 6.92 Å². The van der Waals surface area contributed by atoms with Gasteiger partial charge in [-0.3, -0.25) is 19.8 Å². The van der Waals surface area contributed by atoms with E-state index in [-0.39, 0.29) is 29.8 Å². The van der Waals surface area contributed by atoms with E-state index in [1.165, 1.54) is 12.1 Å². The number of rotatable bonds is 5. The number of nitro benzene ring substituents is 1. The van der Waals surface area contributed by atoms with Crippen LogP contribution in [0.1, 0.15) is 23.7 Å². The first-order chi connectivity index (χ1) is 10.6. The van der Waals surface area contributed by atoms with Gasteiger partial charge in [-0.15, -0.1) is 0 Å². The van der Waals surface area contributed by atoms with Crippen molar-refractivity contribution >= 4 is 11.6 Å². The SMILES string of the molecule is CCC(CO)N1CCN(C(=O)c2ccccc2[N+](=O)[O-])CC1. The number of nitro groups is 1. The number of piperazine rings is 1. The number of hydrogen-bond acceptors (Lipinski definition) is 5. The average Bonchev–Trinajstić information content (AvgIpc) is 2.56. The molecule has 0 radical (unpaired) electrons. The maximum absolute atomic E-state index is 12.5. The molecule has 1 fully saturated rings. The summed E-state index contributed by atoms with van der Waals surface area (Å²) in [4.78, 5) is 26.8. The number of para-hydroxylation sites is 1. The zero-order valence-electron chi connectivity index (χ0n) is 12.6. The predicted octanol–water partition coefficient (Wildman–Crippen LogP) is 1.12. The number of nitrogens with zero attached hydrogens (tertiary/aromatic N) is 3. The van der Waals surface area contributed by atoms with Crippen molar-refractivity contribution in [1.82, 2.24) is 9.80 Å². The van der Waals surface area contributed by atoms with Crippen LogP contribution in [0, 0.1) is 10.1 Å². The fraction of sp³-hybridized carbons (Fsp3) is 0.533. The Hall–Kier alpha value is -1.99. The third kappa shape index (κ3) is 3.42. The monoisotopic (exact) mass is 307 g/mol. The van der Waals surface area contributed by atoms with Gasteiger partial charge in [-0.2, -0.15) is 0 Å². The van der Waals surface area contributed by atoms with Gasteiger partial charge in [0.05, 0.1) is 11.5 Å². The third-order valence-corrected chi connectivity index (χ3v) is 4.13. The van der Waals surface area contributed by atoms with Gasteiger partial charge in [0, 0.05) is 38.3 Å². The van der Waals surface area contributed by atoms with Crippen molar-refractivity contribution in [1.29, 1.82) is 0 Å². The molecule has 1 amide bonds. The van der Waals surface area contributed by atoms with Crippen LogP contribution in [0.4, 0.5) is 5.69 Å². The lowest BCUT2D eigenvalue weighted by Crippen LogP contribution is -2.52. The number of amides is 1. The molecule has 120 valence electrons. The number of carbonyl (C=O) groups is 1. The van der Waals surface area contributed by atoms with E-state index in [1.54, 1.807) is 17.0 Å². The van der Waals surface area contributed by atoms with E-state index in [0.717, 1.165) is 6.42 Å². The highest BCUT2D eigenvalue weighted by Gasteiger charge is 2.28. The molecule has 1 atom stereocenters. The molecule has 7 nitrogen and oxygen atoms in total. The molecule has 0 bridgehead atoms. The molecule has 22 heavy (non-hydrogen) atoms. The van der Waals surface area contributed by atoms with E-state index < -0.39 is 4.92 Å². The molecular weight excluding hydrogens is 286 g/mol. The van der Waals surface area contributed by atoms with Crippen LogP contribution in [0.25, 0.3) is 0 Å². The highest BCUT2D eigenvalue weighted by atomic mass is 16.6. The molecule has 0 spiro atoms. The summed E-state index contributed by atoms with van der Waals surface area (Å²) in [5.74, 6) is -0.302. The number of aliphatic hydroxyl groups is 1. The molecule has 0 saturated carbocycles. The number of aliphatic hydroxyl groups excluding tert-OH is 1. The second-order valence-electron chi connectivity index (χ2n) is 5.35. The molecule has 1 aromatic carbocycles. The minimum Gasteiger partial charge on any atom is -0.395 e. The minimum absolute atomic E-state index is 0.106. The van der Waals surface area contributed by atoms with Gasteiger partial charge in [0.15, 0.2) is 0 Å². The van der Waals surface area contributed by atoms with Crippen LogP contribution >= 0.6 is 0 Å². The molecule has 2 rings (SSSR count). The van der Waals surface area contributed by atoms with Gasteiger partial charge in [-0.1, -0.05) is 19.1 Å². The summed E-state index contributed by atoms with van der Waals surface area (Å²) >= 11 is 0. The first-order valence-corrected chi connectivity index (χ1v) is 7.46. The highest BCUT2D eigenvalue weighted by molar-refractivity contribution is 5.98. The van der Waals surface area contributed by atoms with Crippen molar-refractivity contribution in [3.05, 3.63) is 39.9 Å². The van der Waals surface area contributed by atoms with Crippen LogP contribution in [0.5, 0.6) is 0 Å². The fourth-order valence-corrected chi connectivity index (χ4v) is 2.78. The Morgan fingerprint density at radius 1 is 1.32 bits per heavy atom. The summed E-state index contributed by atoms with van der Waals surface area (Å²) in [5, 5.41) is 20.4. The summed E-state index contributed by atoms with van der Waals surface area (Å²) in [6, 6.07) is 6.15. The van der Waals surface area contributed by atoms with Crippen molar-refractivity contribution in [2.24, 2.45) is 0 Å². The third-order valence-electron chi connectivity index (χ3n) is 4.13. The molecule has 0 aromatic heterocycles. The summed E-state index contributed by atoms with van der Waals surface area (Å²) in [5.41, 5.74) is -0.0214. The molecule has 0 aliphatic carbocycles. The van der Waals surface area contributed by atoms with E-state index in [0.29, 0.717) is 26.2 Å². The smallest absolute Gasteiger partial charge is 0.282 e. The molecule has 1 heterocycles. The fourth-order valence-electron chi connectivity index (χ4n) is 2.78. The van der Waals surface area contributed by atoms with Crippen molar-refractivity contribution in [2.75, 3.05) is 32.8 Å². The summed E-state index contributed by atoms with van der Waals surface area (Å²) < 4.78 is 0. The molecule has 7 heteroatoms. The first-order valence-electron chi connectivity index (χ1n) is 7.46. The van der Waals surface area contributed by atoms with Crippen LogP contribution in [0.3, 0.4) is 0 Å². The Kier molecular flexibility index (Phi) is 5.46. The van der Waals surface area contributed by atoms with Crippen LogP contribution in [-0.2, 0) is 0 Å².